The normalized spacial score (nSPS) is 10.6. The van der Waals surface area contributed by atoms with Crippen LogP contribution in [0.15, 0.2) is 48.5 Å². The van der Waals surface area contributed by atoms with Gasteiger partial charge in [0.1, 0.15) is 0 Å². The molecule has 0 aliphatic carbocycles. The van der Waals surface area contributed by atoms with E-state index >= 15 is 0 Å². The van der Waals surface area contributed by atoms with Crippen LogP contribution in [-0.2, 0) is 0 Å². The van der Waals surface area contributed by atoms with Gasteiger partial charge in [-0.25, -0.2) is 4.39 Å². The molecule has 1 aromatic heterocycles. The molecule has 4 nitrogen and oxygen atoms in total. The molecular weight excluding hydrogens is 289 g/mol. The monoisotopic (exact) mass is 301 g/mol. The van der Waals surface area contributed by atoms with Gasteiger partial charge in [0.05, 0.1) is 7.11 Å². The summed E-state index contributed by atoms with van der Waals surface area (Å²) in [6.45, 7) is 0. The lowest BCUT2D eigenvalue weighted by molar-refractivity contribution is 0.386. The summed E-state index contributed by atoms with van der Waals surface area (Å²) in [5.41, 5.74) is 1.60. The zero-order valence-electron chi connectivity index (χ0n) is 11.2. The van der Waals surface area contributed by atoms with E-state index in [0.29, 0.717) is 16.2 Å². The Bertz CT molecular complexity index is 826. The van der Waals surface area contributed by atoms with Crippen molar-refractivity contribution in [3.63, 3.8) is 0 Å². The standard InChI is InChI=1S/C15H12FN3OS/c1-20-13-9-10(7-8-12(13)16)14-17-18-15(21)19(14)11-5-3-2-4-6-11/h2-9H,1H3,(H,18,21). The van der Waals surface area contributed by atoms with Crippen molar-refractivity contribution < 1.29 is 9.13 Å². The Hall–Kier alpha value is -2.47. The van der Waals surface area contributed by atoms with Crippen LogP contribution in [0.4, 0.5) is 4.39 Å². The second-order valence-corrected chi connectivity index (χ2v) is 4.76. The number of hydrogen-bond acceptors (Lipinski definition) is 3. The van der Waals surface area contributed by atoms with Crippen molar-refractivity contribution >= 4 is 12.2 Å². The number of nitrogens with one attached hydrogen (secondary N) is 1. The molecule has 106 valence electrons. The maximum absolute atomic E-state index is 13.5. The van der Waals surface area contributed by atoms with Crippen molar-refractivity contribution in [3.8, 4) is 22.8 Å². The largest absolute Gasteiger partial charge is 0.494 e. The molecule has 1 N–H and O–H groups in total. The van der Waals surface area contributed by atoms with Gasteiger partial charge in [0.15, 0.2) is 22.2 Å². The van der Waals surface area contributed by atoms with E-state index in [1.165, 1.54) is 13.2 Å². The van der Waals surface area contributed by atoms with Crippen LogP contribution in [0, 0.1) is 10.6 Å². The lowest BCUT2D eigenvalue weighted by Gasteiger charge is -2.08. The molecule has 3 aromatic rings. The van der Waals surface area contributed by atoms with Crippen molar-refractivity contribution in [1.29, 1.82) is 0 Å². The molecule has 0 aliphatic rings. The number of hydrogen-bond donors (Lipinski definition) is 1. The molecule has 1 heterocycles. The molecular formula is C15H12FN3OS. The highest BCUT2D eigenvalue weighted by Gasteiger charge is 2.13. The number of para-hydroxylation sites is 1. The molecule has 21 heavy (non-hydrogen) atoms. The van der Waals surface area contributed by atoms with Gasteiger partial charge in [-0.2, -0.15) is 5.10 Å². The minimum Gasteiger partial charge on any atom is -0.494 e. The van der Waals surface area contributed by atoms with Crippen LogP contribution in [0.25, 0.3) is 17.1 Å². The van der Waals surface area contributed by atoms with E-state index < -0.39 is 5.82 Å². The molecule has 2 aromatic carbocycles. The summed E-state index contributed by atoms with van der Waals surface area (Å²) in [6, 6.07) is 14.2. The predicted octanol–water partition coefficient (Wildman–Crippen LogP) is 3.74. The lowest BCUT2D eigenvalue weighted by atomic mass is 10.2. The third-order valence-corrected chi connectivity index (χ3v) is 3.37. The fourth-order valence-corrected chi connectivity index (χ4v) is 2.34. The van der Waals surface area contributed by atoms with E-state index in [4.69, 9.17) is 17.0 Å². The van der Waals surface area contributed by atoms with Gasteiger partial charge in [0.25, 0.3) is 0 Å². The van der Waals surface area contributed by atoms with Crippen LogP contribution in [-0.4, -0.2) is 21.9 Å². The van der Waals surface area contributed by atoms with Gasteiger partial charge in [0, 0.05) is 11.3 Å². The number of H-pyrrole nitrogens is 1. The Morgan fingerprint density at radius 1 is 1.19 bits per heavy atom. The maximum atomic E-state index is 13.5. The minimum absolute atomic E-state index is 0.168. The van der Waals surface area contributed by atoms with E-state index in [1.807, 2.05) is 30.3 Å². The maximum Gasteiger partial charge on any atom is 0.200 e. The topological polar surface area (TPSA) is 42.8 Å². The minimum atomic E-state index is -0.415. The average molecular weight is 301 g/mol. The van der Waals surface area contributed by atoms with Gasteiger partial charge in [-0.05, 0) is 42.5 Å². The number of aromatic nitrogens is 3. The molecule has 0 aliphatic heterocycles. The zero-order chi connectivity index (χ0) is 14.8. The van der Waals surface area contributed by atoms with Crippen LogP contribution >= 0.6 is 12.2 Å². The van der Waals surface area contributed by atoms with Gasteiger partial charge in [-0.3, -0.25) is 9.67 Å². The number of aromatic amines is 1. The Kier molecular flexibility index (Phi) is 3.53. The molecule has 0 spiro atoms. The van der Waals surface area contributed by atoms with Crippen molar-refractivity contribution in [1.82, 2.24) is 14.8 Å². The lowest BCUT2D eigenvalue weighted by Crippen LogP contribution is -1.98. The van der Waals surface area contributed by atoms with Gasteiger partial charge in [-0.1, -0.05) is 18.2 Å². The van der Waals surface area contributed by atoms with E-state index in [-0.39, 0.29) is 5.75 Å². The molecule has 6 heteroatoms. The molecule has 0 saturated heterocycles. The van der Waals surface area contributed by atoms with Crippen LogP contribution in [0.1, 0.15) is 0 Å². The summed E-state index contributed by atoms with van der Waals surface area (Å²) in [7, 11) is 1.43. The first-order valence-corrected chi connectivity index (χ1v) is 6.68. The second-order valence-electron chi connectivity index (χ2n) is 4.37. The van der Waals surface area contributed by atoms with Crippen LogP contribution in [0.5, 0.6) is 5.75 Å². The van der Waals surface area contributed by atoms with Gasteiger partial charge >= 0.3 is 0 Å². The van der Waals surface area contributed by atoms with Crippen molar-refractivity contribution in [2.45, 2.75) is 0 Å². The van der Waals surface area contributed by atoms with E-state index in [9.17, 15) is 4.39 Å². The molecule has 0 atom stereocenters. The molecule has 0 bridgehead atoms. The molecule has 0 fully saturated rings. The fourth-order valence-electron chi connectivity index (χ4n) is 2.11. The van der Waals surface area contributed by atoms with Gasteiger partial charge in [-0.15, -0.1) is 0 Å². The van der Waals surface area contributed by atoms with Crippen LogP contribution in [0.2, 0.25) is 0 Å². The van der Waals surface area contributed by atoms with Gasteiger partial charge in [0.2, 0.25) is 0 Å². The fraction of sp³-hybridized carbons (Fsp3) is 0.0667. The first-order valence-electron chi connectivity index (χ1n) is 6.27. The third-order valence-electron chi connectivity index (χ3n) is 3.10. The number of ether oxygens (including phenoxy) is 1. The predicted molar refractivity (Wildman–Crippen MR) is 80.7 cm³/mol. The summed E-state index contributed by atoms with van der Waals surface area (Å²) in [4.78, 5) is 0. The molecule has 0 amide bonds. The number of methoxy groups -OCH3 is 1. The smallest absolute Gasteiger partial charge is 0.200 e. The Morgan fingerprint density at radius 3 is 2.67 bits per heavy atom. The summed E-state index contributed by atoms with van der Waals surface area (Å²) in [5, 5.41) is 7.00. The molecule has 0 saturated carbocycles. The number of nitrogens with zero attached hydrogens (tertiary/aromatic N) is 2. The Morgan fingerprint density at radius 2 is 1.95 bits per heavy atom. The zero-order valence-corrected chi connectivity index (χ0v) is 12.0. The van der Waals surface area contributed by atoms with Crippen LogP contribution in [0.3, 0.4) is 0 Å². The number of benzene rings is 2. The molecule has 0 radical (unpaired) electrons. The summed E-state index contributed by atoms with van der Waals surface area (Å²) in [6.07, 6.45) is 0. The summed E-state index contributed by atoms with van der Waals surface area (Å²) >= 11 is 5.28. The number of halogens is 1. The SMILES string of the molecule is COc1cc(-c2n[nH]c(=S)n2-c2ccccc2)ccc1F. The van der Waals surface area contributed by atoms with Gasteiger partial charge < -0.3 is 4.74 Å². The summed E-state index contributed by atoms with van der Waals surface area (Å²) in [5.74, 6) is 0.354. The van der Waals surface area contributed by atoms with E-state index in [0.717, 1.165) is 5.69 Å². The second kappa shape index (κ2) is 5.49. The highest BCUT2D eigenvalue weighted by Crippen LogP contribution is 2.26. The quantitative estimate of drug-likeness (QED) is 0.749. The van der Waals surface area contributed by atoms with E-state index in [2.05, 4.69) is 10.2 Å². The van der Waals surface area contributed by atoms with Crippen molar-refractivity contribution in [2.24, 2.45) is 0 Å². The van der Waals surface area contributed by atoms with Crippen molar-refractivity contribution in [2.75, 3.05) is 7.11 Å². The Labute approximate surface area is 125 Å². The summed E-state index contributed by atoms with van der Waals surface area (Å²) < 4.78 is 20.8. The number of rotatable bonds is 3. The first kappa shape index (κ1) is 13.5. The molecule has 0 unspecified atom stereocenters. The van der Waals surface area contributed by atoms with Crippen molar-refractivity contribution in [3.05, 3.63) is 59.1 Å². The highest BCUT2D eigenvalue weighted by molar-refractivity contribution is 7.71. The van der Waals surface area contributed by atoms with E-state index in [1.54, 1.807) is 16.7 Å². The third kappa shape index (κ3) is 2.45. The average Bonchev–Trinajstić information content (AvgIpc) is 2.90. The Balaban J connectivity index is 2.19. The highest BCUT2D eigenvalue weighted by atomic mass is 32.1. The molecule has 3 rings (SSSR count). The van der Waals surface area contributed by atoms with Crippen LogP contribution < -0.4 is 4.74 Å². The first-order chi connectivity index (χ1) is 10.2.